The molecule has 0 unspecified atom stereocenters. The monoisotopic (exact) mass is 185 g/mol. The van der Waals surface area contributed by atoms with Crippen molar-refractivity contribution in [3.05, 3.63) is 24.6 Å². The van der Waals surface area contributed by atoms with Gasteiger partial charge < -0.3 is 5.11 Å². The average molecular weight is 185 g/mol. The highest BCUT2D eigenvalue weighted by molar-refractivity contribution is 4.98. The molecule has 0 aliphatic heterocycles. The zero-order valence-electron chi connectivity index (χ0n) is 8.62. The molecule has 0 bridgehead atoms. The van der Waals surface area contributed by atoms with E-state index in [2.05, 4.69) is 6.58 Å². The third-order valence-electron chi connectivity index (χ3n) is 1.85. The van der Waals surface area contributed by atoms with Crippen molar-refractivity contribution in [1.82, 2.24) is 5.06 Å². The maximum Gasteiger partial charge on any atom is 0.0906 e. The van der Waals surface area contributed by atoms with Crippen molar-refractivity contribution in [2.24, 2.45) is 0 Å². The Balaban J connectivity index is 4.32. The van der Waals surface area contributed by atoms with Crippen LogP contribution in [0.5, 0.6) is 0 Å². The van der Waals surface area contributed by atoms with E-state index in [1.54, 1.807) is 6.08 Å². The summed E-state index contributed by atoms with van der Waals surface area (Å²) in [4.78, 5) is 0. The number of rotatable bonds is 5. The summed E-state index contributed by atoms with van der Waals surface area (Å²) < 4.78 is 0. The van der Waals surface area contributed by atoms with E-state index in [9.17, 15) is 10.3 Å². The molecule has 0 radical (unpaired) electrons. The molecule has 0 rings (SSSR count). The molecule has 0 amide bonds. The van der Waals surface area contributed by atoms with E-state index in [1.807, 2.05) is 20.8 Å². The minimum absolute atomic E-state index is 0.299. The van der Waals surface area contributed by atoms with Crippen LogP contribution in [0.25, 0.3) is 0 Å². The summed E-state index contributed by atoms with van der Waals surface area (Å²) in [5.74, 6) is 0.299. The minimum Gasteiger partial charge on any atom is -0.513 e. The summed E-state index contributed by atoms with van der Waals surface area (Å²) in [6, 6.07) is 0. The molecule has 13 heavy (non-hydrogen) atoms. The molecule has 0 aromatic rings. The second kappa shape index (κ2) is 4.92. The molecule has 0 aromatic carbocycles. The zero-order valence-corrected chi connectivity index (χ0v) is 8.62. The molecule has 0 saturated carbocycles. The number of hydroxylamine groups is 2. The Hall–Kier alpha value is -0.960. The lowest BCUT2D eigenvalue weighted by atomic mass is 9.99. The molecular formula is C10H19NO2. The van der Waals surface area contributed by atoms with E-state index in [0.717, 1.165) is 11.5 Å². The Labute approximate surface area is 79.9 Å². The van der Waals surface area contributed by atoms with Gasteiger partial charge in [-0.15, -0.1) is 0 Å². The van der Waals surface area contributed by atoms with Crippen LogP contribution in [0.3, 0.4) is 0 Å². The van der Waals surface area contributed by atoms with Gasteiger partial charge in [0.25, 0.3) is 0 Å². The highest BCUT2D eigenvalue weighted by Crippen LogP contribution is 2.20. The van der Waals surface area contributed by atoms with Crippen molar-refractivity contribution in [3.8, 4) is 0 Å². The molecule has 0 aromatic heterocycles. The predicted octanol–water partition coefficient (Wildman–Crippen LogP) is 2.84. The van der Waals surface area contributed by atoms with Crippen LogP contribution in [0.15, 0.2) is 24.6 Å². The summed E-state index contributed by atoms with van der Waals surface area (Å²) in [6.07, 6.45) is 4.27. The third kappa shape index (κ3) is 3.99. The van der Waals surface area contributed by atoms with Gasteiger partial charge >= 0.3 is 0 Å². The van der Waals surface area contributed by atoms with E-state index >= 15 is 0 Å². The topological polar surface area (TPSA) is 43.7 Å². The summed E-state index contributed by atoms with van der Waals surface area (Å²) in [6.45, 7) is 9.06. The van der Waals surface area contributed by atoms with Gasteiger partial charge in [0.05, 0.1) is 11.3 Å². The van der Waals surface area contributed by atoms with Crippen molar-refractivity contribution in [2.75, 3.05) is 0 Å². The smallest absolute Gasteiger partial charge is 0.0906 e. The van der Waals surface area contributed by atoms with Crippen molar-refractivity contribution >= 4 is 0 Å². The van der Waals surface area contributed by atoms with Crippen molar-refractivity contribution in [2.45, 2.75) is 39.2 Å². The molecule has 3 heteroatoms. The Morgan fingerprint density at radius 1 is 1.54 bits per heavy atom. The Morgan fingerprint density at radius 3 is 2.46 bits per heavy atom. The third-order valence-corrected chi connectivity index (χ3v) is 1.85. The van der Waals surface area contributed by atoms with Gasteiger partial charge in [-0.2, -0.15) is 0 Å². The lowest BCUT2D eigenvalue weighted by molar-refractivity contribution is -0.118. The number of aliphatic hydroxyl groups excluding tert-OH is 1. The van der Waals surface area contributed by atoms with Crippen molar-refractivity contribution in [1.29, 1.82) is 0 Å². The highest BCUT2D eigenvalue weighted by Gasteiger charge is 2.24. The maximum absolute atomic E-state index is 9.42. The lowest BCUT2D eigenvalue weighted by Gasteiger charge is -2.31. The molecular weight excluding hydrogens is 166 g/mol. The van der Waals surface area contributed by atoms with E-state index in [0.29, 0.717) is 12.2 Å². The fourth-order valence-electron chi connectivity index (χ4n) is 1.08. The molecule has 0 atom stereocenters. The highest BCUT2D eigenvalue weighted by atomic mass is 16.5. The maximum atomic E-state index is 9.42. The van der Waals surface area contributed by atoms with Gasteiger partial charge in [-0.1, -0.05) is 13.5 Å². The van der Waals surface area contributed by atoms with Crippen LogP contribution in [-0.4, -0.2) is 20.9 Å². The van der Waals surface area contributed by atoms with Crippen LogP contribution in [-0.2, 0) is 0 Å². The number of hydrogen-bond acceptors (Lipinski definition) is 3. The molecule has 2 N–H and O–H groups in total. The van der Waals surface area contributed by atoms with Gasteiger partial charge in [0.2, 0.25) is 0 Å². The van der Waals surface area contributed by atoms with E-state index < -0.39 is 5.54 Å². The fraction of sp³-hybridized carbons (Fsp3) is 0.600. The van der Waals surface area contributed by atoms with E-state index in [1.165, 1.54) is 6.20 Å². The Kier molecular flexibility index (Phi) is 4.56. The first kappa shape index (κ1) is 12.0. The molecule has 0 saturated heterocycles. The van der Waals surface area contributed by atoms with Crippen molar-refractivity contribution < 1.29 is 10.3 Å². The van der Waals surface area contributed by atoms with Crippen molar-refractivity contribution in [3.63, 3.8) is 0 Å². The Morgan fingerprint density at radius 2 is 2.08 bits per heavy atom. The van der Waals surface area contributed by atoms with E-state index in [4.69, 9.17) is 0 Å². The van der Waals surface area contributed by atoms with Gasteiger partial charge in [-0.05, 0) is 26.3 Å². The Bertz CT molecular complexity index is 197. The van der Waals surface area contributed by atoms with Gasteiger partial charge in [0.1, 0.15) is 0 Å². The largest absolute Gasteiger partial charge is 0.513 e. The minimum atomic E-state index is -0.516. The second-order valence-electron chi connectivity index (χ2n) is 3.62. The quantitative estimate of drug-likeness (QED) is 0.511. The zero-order chi connectivity index (χ0) is 10.5. The van der Waals surface area contributed by atoms with Crippen LogP contribution in [0, 0.1) is 0 Å². The van der Waals surface area contributed by atoms with Gasteiger partial charge in [-0.3, -0.25) is 10.3 Å². The molecule has 0 aliphatic rings. The van der Waals surface area contributed by atoms with Crippen LogP contribution >= 0.6 is 0 Å². The summed E-state index contributed by atoms with van der Waals surface area (Å²) >= 11 is 0. The molecule has 3 nitrogen and oxygen atoms in total. The SMILES string of the molecule is C=CN(O)C(C)(C)C/C(O)=C\CC. The molecule has 0 aliphatic carbocycles. The summed E-state index contributed by atoms with van der Waals surface area (Å²) in [5.41, 5.74) is -0.516. The number of nitrogens with zero attached hydrogens (tertiary/aromatic N) is 1. The fourth-order valence-corrected chi connectivity index (χ4v) is 1.08. The van der Waals surface area contributed by atoms with Crippen LogP contribution in [0.4, 0.5) is 0 Å². The normalized spacial score (nSPS) is 12.8. The first-order chi connectivity index (χ1) is 5.94. The first-order valence-electron chi connectivity index (χ1n) is 4.42. The first-order valence-corrected chi connectivity index (χ1v) is 4.42. The van der Waals surface area contributed by atoms with Gasteiger partial charge in [0, 0.05) is 12.6 Å². The van der Waals surface area contributed by atoms with Gasteiger partial charge in [0.15, 0.2) is 0 Å². The second-order valence-corrected chi connectivity index (χ2v) is 3.62. The summed E-state index contributed by atoms with van der Waals surface area (Å²) in [7, 11) is 0. The molecule has 0 fully saturated rings. The lowest BCUT2D eigenvalue weighted by Crippen LogP contribution is -2.38. The molecule has 76 valence electrons. The number of hydrogen-bond donors (Lipinski definition) is 2. The summed E-state index contributed by atoms with van der Waals surface area (Å²) in [5, 5.41) is 19.8. The number of aliphatic hydroxyl groups is 1. The molecule has 0 spiro atoms. The van der Waals surface area contributed by atoms with Gasteiger partial charge in [-0.25, -0.2) is 0 Å². The average Bonchev–Trinajstić information content (AvgIpc) is 2.02. The van der Waals surface area contributed by atoms with Crippen LogP contribution in [0.2, 0.25) is 0 Å². The number of allylic oxidation sites excluding steroid dienone is 1. The predicted molar refractivity (Wildman–Crippen MR) is 53.5 cm³/mol. The van der Waals surface area contributed by atoms with E-state index in [-0.39, 0.29) is 0 Å². The standard InChI is InChI=1S/C10H19NO2/c1-5-7-9(12)8-10(3,4)11(13)6-2/h6-7,12-13H,2,5,8H2,1,3-4H3/b9-7+. The van der Waals surface area contributed by atoms with Crippen LogP contribution < -0.4 is 0 Å². The van der Waals surface area contributed by atoms with Crippen LogP contribution in [0.1, 0.15) is 33.6 Å². The molecule has 0 heterocycles.